The standard InChI is InChI=1S/C16H15N3/c1-2-14-11-16(13-7-6-10-17-12-13)18-19(14)15-8-4-3-5-9-15/h3-12H,2H2,1H3. The van der Waals surface area contributed by atoms with Crippen molar-refractivity contribution in [2.45, 2.75) is 13.3 Å². The lowest BCUT2D eigenvalue weighted by Crippen LogP contribution is -2.00. The third-order valence-electron chi connectivity index (χ3n) is 3.10. The molecule has 19 heavy (non-hydrogen) atoms. The maximum atomic E-state index is 4.70. The molecule has 3 rings (SSSR count). The summed E-state index contributed by atoms with van der Waals surface area (Å²) in [5.41, 5.74) is 4.31. The molecule has 0 aliphatic carbocycles. The lowest BCUT2D eigenvalue weighted by atomic mass is 10.2. The Hall–Kier alpha value is -2.42. The fourth-order valence-electron chi connectivity index (χ4n) is 2.12. The van der Waals surface area contributed by atoms with Crippen molar-refractivity contribution in [1.82, 2.24) is 14.8 Å². The van der Waals surface area contributed by atoms with Crippen LogP contribution in [0.4, 0.5) is 0 Å². The summed E-state index contributed by atoms with van der Waals surface area (Å²) in [5, 5.41) is 4.70. The van der Waals surface area contributed by atoms with Gasteiger partial charge in [0.2, 0.25) is 0 Å². The Morgan fingerprint density at radius 3 is 2.58 bits per heavy atom. The molecule has 1 aromatic carbocycles. The largest absolute Gasteiger partial charge is 0.264 e. The normalized spacial score (nSPS) is 10.6. The van der Waals surface area contributed by atoms with Gasteiger partial charge in [-0.1, -0.05) is 25.1 Å². The average Bonchev–Trinajstić information content (AvgIpc) is 2.93. The van der Waals surface area contributed by atoms with E-state index in [2.05, 4.69) is 30.1 Å². The Kier molecular flexibility index (Phi) is 3.11. The molecule has 0 saturated carbocycles. The quantitative estimate of drug-likeness (QED) is 0.711. The van der Waals surface area contributed by atoms with Crippen molar-refractivity contribution in [3.05, 3.63) is 66.6 Å². The van der Waals surface area contributed by atoms with Crippen LogP contribution in [-0.4, -0.2) is 14.8 Å². The monoisotopic (exact) mass is 249 g/mol. The van der Waals surface area contributed by atoms with E-state index in [0.717, 1.165) is 23.4 Å². The second-order valence-electron chi connectivity index (χ2n) is 4.36. The topological polar surface area (TPSA) is 30.7 Å². The minimum Gasteiger partial charge on any atom is -0.264 e. The second kappa shape index (κ2) is 5.06. The van der Waals surface area contributed by atoms with Crippen molar-refractivity contribution in [1.29, 1.82) is 0 Å². The number of pyridine rings is 1. The Morgan fingerprint density at radius 1 is 1.05 bits per heavy atom. The van der Waals surface area contributed by atoms with Gasteiger partial charge in [0, 0.05) is 23.7 Å². The van der Waals surface area contributed by atoms with Crippen molar-refractivity contribution in [2.24, 2.45) is 0 Å². The number of hydrogen-bond acceptors (Lipinski definition) is 2. The minimum atomic E-state index is 0.947. The molecule has 0 radical (unpaired) electrons. The number of hydrogen-bond donors (Lipinski definition) is 0. The first kappa shape index (κ1) is 11.7. The highest BCUT2D eigenvalue weighted by Crippen LogP contribution is 2.21. The van der Waals surface area contributed by atoms with Gasteiger partial charge in [-0.15, -0.1) is 0 Å². The molecule has 0 fully saturated rings. The molecule has 3 heteroatoms. The third kappa shape index (κ3) is 2.27. The van der Waals surface area contributed by atoms with E-state index >= 15 is 0 Å². The molecule has 0 amide bonds. The summed E-state index contributed by atoms with van der Waals surface area (Å²) in [5.74, 6) is 0. The zero-order valence-corrected chi connectivity index (χ0v) is 10.8. The number of para-hydroxylation sites is 1. The summed E-state index contributed by atoms with van der Waals surface area (Å²) < 4.78 is 2.00. The van der Waals surface area contributed by atoms with Crippen molar-refractivity contribution < 1.29 is 0 Å². The van der Waals surface area contributed by atoms with E-state index < -0.39 is 0 Å². The highest BCUT2D eigenvalue weighted by Gasteiger charge is 2.09. The van der Waals surface area contributed by atoms with Crippen LogP contribution in [0, 0.1) is 0 Å². The van der Waals surface area contributed by atoms with Gasteiger partial charge in [0.1, 0.15) is 0 Å². The molecule has 0 aliphatic rings. The van der Waals surface area contributed by atoms with Crippen molar-refractivity contribution >= 4 is 0 Å². The SMILES string of the molecule is CCc1cc(-c2cccnc2)nn1-c1ccccc1. The second-order valence-corrected chi connectivity index (χ2v) is 4.36. The molecule has 2 aromatic heterocycles. The van der Waals surface area contributed by atoms with E-state index in [1.165, 1.54) is 5.69 Å². The molecule has 3 aromatic rings. The van der Waals surface area contributed by atoms with Gasteiger partial charge in [0.25, 0.3) is 0 Å². The molecule has 0 atom stereocenters. The highest BCUT2D eigenvalue weighted by atomic mass is 15.3. The van der Waals surface area contributed by atoms with Crippen LogP contribution >= 0.6 is 0 Å². The molecule has 0 unspecified atom stereocenters. The van der Waals surface area contributed by atoms with Crippen LogP contribution in [0.3, 0.4) is 0 Å². The summed E-state index contributed by atoms with van der Waals surface area (Å²) in [6.45, 7) is 2.14. The average molecular weight is 249 g/mol. The fourth-order valence-corrected chi connectivity index (χ4v) is 2.12. The van der Waals surface area contributed by atoms with E-state index in [4.69, 9.17) is 5.10 Å². The zero-order chi connectivity index (χ0) is 13.1. The van der Waals surface area contributed by atoms with Crippen LogP contribution in [-0.2, 0) is 6.42 Å². The molecular weight excluding hydrogens is 234 g/mol. The van der Waals surface area contributed by atoms with E-state index in [1.807, 2.05) is 41.2 Å². The molecule has 3 nitrogen and oxygen atoms in total. The third-order valence-corrected chi connectivity index (χ3v) is 3.10. The van der Waals surface area contributed by atoms with Crippen LogP contribution in [0.25, 0.3) is 16.9 Å². The first-order valence-corrected chi connectivity index (χ1v) is 6.43. The smallest absolute Gasteiger partial charge is 0.0945 e. The first-order valence-electron chi connectivity index (χ1n) is 6.43. The molecule has 0 N–H and O–H groups in total. The summed E-state index contributed by atoms with van der Waals surface area (Å²) in [7, 11) is 0. The van der Waals surface area contributed by atoms with E-state index in [0.29, 0.717) is 0 Å². The van der Waals surface area contributed by atoms with E-state index in [1.54, 1.807) is 6.20 Å². The number of nitrogens with zero attached hydrogens (tertiary/aromatic N) is 3. The van der Waals surface area contributed by atoms with Crippen molar-refractivity contribution in [3.8, 4) is 16.9 Å². The molecule has 2 heterocycles. The van der Waals surface area contributed by atoms with Crippen molar-refractivity contribution in [2.75, 3.05) is 0 Å². The Labute approximate surface area is 112 Å². The Morgan fingerprint density at radius 2 is 1.89 bits per heavy atom. The minimum absolute atomic E-state index is 0.947. The summed E-state index contributed by atoms with van der Waals surface area (Å²) in [6, 6.07) is 16.3. The number of benzene rings is 1. The Balaban J connectivity index is 2.09. The van der Waals surface area contributed by atoms with E-state index in [-0.39, 0.29) is 0 Å². The van der Waals surface area contributed by atoms with Crippen LogP contribution < -0.4 is 0 Å². The van der Waals surface area contributed by atoms with Crippen LogP contribution in [0.1, 0.15) is 12.6 Å². The Bertz CT molecular complexity index is 657. The molecular formula is C16H15N3. The predicted octanol–water partition coefficient (Wildman–Crippen LogP) is 3.50. The predicted molar refractivity (Wildman–Crippen MR) is 76.2 cm³/mol. The van der Waals surface area contributed by atoms with Gasteiger partial charge in [-0.2, -0.15) is 5.10 Å². The molecule has 0 saturated heterocycles. The maximum absolute atomic E-state index is 4.70. The van der Waals surface area contributed by atoms with Gasteiger partial charge in [-0.05, 0) is 36.8 Å². The lowest BCUT2D eigenvalue weighted by Gasteiger charge is -2.04. The molecule has 0 spiro atoms. The summed E-state index contributed by atoms with van der Waals surface area (Å²) in [6.07, 6.45) is 4.57. The van der Waals surface area contributed by atoms with Gasteiger partial charge in [0.05, 0.1) is 11.4 Å². The summed E-state index contributed by atoms with van der Waals surface area (Å²) in [4.78, 5) is 4.15. The van der Waals surface area contributed by atoms with Gasteiger partial charge in [0.15, 0.2) is 0 Å². The van der Waals surface area contributed by atoms with Gasteiger partial charge in [-0.25, -0.2) is 4.68 Å². The first-order chi connectivity index (χ1) is 9.38. The summed E-state index contributed by atoms with van der Waals surface area (Å²) >= 11 is 0. The van der Waals surface area contributed by atoms with Crippen molar-refractivity contribution in [3.63, 3.8) is 0 Å². The van der Waals surface area contributed by atoms with Crippen LogP contribution in [0.2, 0.25) is 0 Å². The number of rotatable bonds is 3. The van der Waals surface area contributed by atoms with Crippen LogP contribution in [0.15, 0.2) is 60.9 Å². The highest BCUT2D eigenvalue weighted by molar-refractivity contribution is 5.58. The zero-order valence-electron chi connectivity index (χ0n) is 10.8. The molecule has 0 aliphatic heterocycles. The van der Waals surface area contributed by atoms with E-state index in [9.17, 15) is 0 Å². The maximum Gasteiger partial charge on any atom is 0.0945 e. The fraction of sp³-hybridized carbons (Fsp3) is 0.125. The number of aryl methyl sites for hydroxylation is 1. The molecule has 0 bridgehead atoms. The van der Waals surface area contributed by atoms with Gasteiger partial charge >= 0.3 is 0 Å². The number of aromatic nitrogens is 3. The van der Waals surface area contributed by atoms with Gasteiger partial charge < -0.3 is 0 Å². The van der Waals surface area contributed by atoms with Gasteiger partial charge in [-0.3, -0.25) is 4.98 Å². The molecule has 94 valence electrons. The lowest BCUT2D eigenvalue weighted by molar-refractivity contribution is 0.816. The van der Waals surface area contributed by atoms with Crippen LogP contribution in [0.5, 0.6) is 0 Å².